The third-order valence-corrected chi connectivity index (χ3v) is 5.76. The van der Waals surface area contributed by atoms with Crippen molar-refractivity contribution < 1.29 is 19.1 Å². The van der Waals surface area contributed by atoms with Crippen molar-refractivity contribution in [1.82, 2.24) is 15.1 Å². The minimum absolute atomic E-state index is 0.0101. The van der Waals surface area contributed by atoms with Crippen LogP contribution in [0.3, 0.4) is 0 Å². The number of likely N-dealkylation sites (tertiary alicyclic amines) is 2. The van der Waals surface area contributed by atoms with Gasteiger partial charge < -0.3 is 19.9 Å². The second-order valence-corrected chi connectivity index (χ2v) is 7.81. The van der Waals surface area contributed by atoms with E-state index >= 15 is 0 Å². The van der Waals surface area contributed by atoms with Crippen molar-refractivity contribution in [2.45, 2.75) is 38.6 Å². The molecule has 1 aromatic carbocycles. The minimum Gasteiger partial charge on any atom is -0.450 e. The zero-order chi connectivity index (χ0) is 21.3. The Morgan fingerprint density at radius 3 is 2.27 bits per heavy atom. The molecule has 2 heterocycles. The molecule has 30 heavy (non-hydrogen) atoms. The van der Waals surface area contributed by atoms with Crippen LogP contribution in [-0.4, -0.2) is 66.5 Å². The van der Waals surface area contributed by atoms with Crippen molar-refractivity contribution in [1.29, 1.82) is 0 Å². The predicted molar refractivity (Wildman–Crippen MR) is 115 cm³/mol. The van der Waals surface area contributed by atoms with E-state index in [9.17, 15) is 14.4 Å². The molecule has 1 N–H and O–H groups in total. The summed E-state index contributed by atoms with van der Waals surface area (Å²) in [6.07, 6.45) is 5.99. The molecule has 0 saturated carbocycles. The van der Waals surface area contributed by atoms with E-state index in [1.54, 1.807) is 22.8 Å². The number of hydrogen-bond donors (Lipinski definition) is 1. The van der Waals surface area contributed by atoms with E-state index in [1.807, 2.05) is 36.4 Å². The number of carbonyl (C=O) groups excluding carboxylic acids is 3. The average molecular weight is 414 g/mol. The molecule has 3 rings (SSSR count). The monoisotopic (exact) mass is 413 g/mol. The maximum absolute atomic E-state index is 12.6. The van der Waals surface area contributed by atoms with Gasteiger partial charge in [-0.25, -0.2) is 4.79 Å². The lowest BCUT2D eigenvalue weighted by molar-refractivity contribution is -0.132. The van der Waals surface area contributed by atoms with Crippen molar-refractivity contribution >= 4 is 24.0 Å². The Morgan fingerprint density at radius 2 is 1.63 bits per heavy atom. The number of rotatable bonds is 5. The summed E-state index contributed by atoms with van der Waals surface area (Å²) in [5, 5.41) is 3.14. The lowest BCUT2D eigenvalue weighted by Crippen LogP contribution is -2.49. The second kappa shape index (κ2) is 10.8. The van der Waals surface area contributed by atoms with Crippen LogP contribution < -0.4 is 5.32 Å². The molecule has 0 atom stereocenters. The lowest BCUT2D eigenvalue weighted by Gasteiger charge is -2.34. The Morgan fingerprint density at radius 1 is 1.00 bits per heavy atom. The highest BCUT2D eigenvalue weighted by molar-refractivity contribution is 5.92. The molecule has 0 aromatic heterocycles. The molecular weight excluding hydrogens is 382 g/mol. The number of ether oxygens (including phenoxy) is 1. The van der Waals surface area contributed by atoms with Gasteiger partial charge in [0.05, 0.1) is 6.61 Å². The number of piperidine rings is 2. The van der Waals surface area contributed by atoms with E-state index < -0.39 is 0 Å². The maximum Gasteiger partial charge on any atom is 0.409 e. The van der Waals surface area contributed by atoms with Crippen LogP contribution in [0.5, 0.6) is 0 Å². The first kappa shape index (κ1) is 21.9. The van der Waals surface area contributed by atoms with Crippen LogP contribution in [-0.2, 0) is 14.3 Å². The Labute approximate surface area is 178 Å². The van der Waals surface area contributed by atoms with Gasteiger partial charge in [-0.15, -0.1) is 0 Å². The van der Waals surface area contributed by atoms with Crippen molar-refractivity contribution in [2.24, 2.45) is 5.92 Å². The smallest absolute Gasteiger partial charge is 0.409 e. The normalized spacial score (nSPS) is 18.4. The van der Waals surface area contributed by atoms with Gasteiger partial charge in [-0.2, -0.15) is 0 Å². The summed E-state index contributed by atoms with van der Waals surface area (Å²) >= 11 is 0. The number of hydrogen-bond acceptors (Lipinski definition) is 4. The van der Waals surface area contributed by atoms with Crippen LogP contribution in [0.25, 0.3) is 6.08 Å². The van der Waals surface area contributed by atoms with Gasteiger partial charge in [-0.1, -0.05) is 30.3 Å². The van der Waals surface area contributed by atoms with Crippen molar-refractivity contribution in [3.05, 3.63) is 42.0 Å². The third-order valence-electron chi connectivity index (χ3n) is 5.76. The van der Waals surface area contributed by atoms with Gasteiger partial charge in [-0.3, -0.25) is 9.59 Å². The number of nitrogens with one attached hydrogen (secondary N) is 1. The third kappa shape index (κ3) is 6.08. The molecule has 1 aromatic rings. The Hall–Kier alpha value is -2.83. The summed E-state index contributed by atoms with van der Waals surface area (Å²) < 4.78 is 5.03. The Bertz CT molecular complexity index is 749. The van der Waals surface area contributed by atoms with Gasteiger partial charge in [-0.05, 0) is 44.2 Å². The van der Waals surface area contributed by atoms with Crippen molar-refractivity contribution in [3.63, 3.8) is 0 Å². The van der Waals surface area contributed by atoms with Crippen LogP contribution in [0.2, 0.25) is 0 Å². The average Bonchev–Trinajstić information content (AvgIpc) is 2.79. The van der Waals surface area contributed by atoms with Crippen LogP contribution in [0.15, 0.2) is 36.4 Å². The first-order chi connectivity index (χ1) is 14.6. The standard InChI is InChI=1S/C23H31N3O4/c1-2-30-23(29)26-16-12-20(13-17-26)24-22(28)19-10-14-25(15-11-19)21(27)9-8-18-6-4-3-5-7-18/h3-9,19-20H,2,10-17H2,1H3,(H,24,28)/b9-8+. The molecule has 7 nitrogen and oxygen atoms in total. The Kier molecular flexibility index (Phi) is 7.88. The number of benzene rings is 1. The first-order valence-corrected chi connectivity index (χ1v) is 10.8. The fourth-order valence-corrected chi connectivity index (χ4v) is 3.94. The predicted octanol–water partition coefficient (Wildman–Crippen LogP) is 2.68. The summed E-state index contributed by atoms with van der Waals surface area (Å²) in [7, 11) is 0. The first-order valence-electron chi connectivity index (χ1n) is 10.8. The SMILES string of the molecule is CCOC(=O)N1CCC(NC(=O)C2CCN(C(=O)/C=C/c3ccccc3)CC2)CC1. The second-order valence-electron chi connectivity index (χ2n) is 7.81. The fourth-order valence-electron chi connectivity index (χ4n) is 3.94. The molecule has 162 valence electrons. The highest BCUT2D eigenvalue weighted by Gasteiger charge is 2.30. The van der Waals surface area contributed by atoms with E-state index in [1.165, 1.54) is 0 Å². The van der Waals surface area contributed by atoms with Crippen LogP contribution >= 0.6 is 0 Å². The molecule has 0 spiro atoms. The van der Waals surface area contributed by atoms with E-state index in [-0.39, 0.29) is 29.9 Å². The van der Waals surface area contributed by atoms with E-state index in [0.29, 0.717) is 45.6 Å². The summed E-state index contributed by atoms with van der Waals surface area (Å²) in [6, 6.07) is 9.83. The highest BCUT2D eigenvalue weighted by Crippen LogP contribution is 2.19. The summed E-state index contributed by atoms with van der Waals surface area (Å²) in [5.74, 6) is -0.00389. The van der Waals surface area contributed by atoms with Crippen LogP contribution in [0, 0.1) is 5.92 Å². The van der Waals surface area contributed by atoms with E-state index in [2.05, 4.69) is 5.32 Å². The topological polar surface area (TPSA) is 79.0 Å². The molecule has 0 radical (unpaired) electrons. The van der Waals surface area contributed by atoms with Gasteiger partial charge in [0.25, 0.3) is 0 Å². The molecule has 3 amide bonds. The molecule has 0 aliphatic carbocycles. The van der Waals surface area contributed by atoms with Gasteiger partial charge >= 0.3 is 6.09 Å². The zero-order valence-corrected chi connectivity index (χ0v) is 17.6. The molecule has 2 fully saturated rings. The van der Waals surface area contributed by atoms with Crippen molar-refractivity contribution in [3.8, 4) is 0 Å². The maximum atomic E-state index is 12.6. The van der Waals surface area contributed by atoms with E-state index in [0.717, 1.165) is 18.4 Å². The summed E-state index contributed by atoms with van der Waals surface area (Å²) in [6.45, 7) is 4.56. The van der Waals surface area contributed by atoms with Crippen LogP contribution in [0.1, 0.15) is 38.2 Å². The molecule has 7 heteroatoms. The minimum atomic E-state index is -0.277. The molecule has 2 saturated heterocycles. The fraction of sp³-hybridized carbons (Fsp3) is 0.522. The molecule has 0 unspecified atom stereocenters. The number of nitrogens with zero attached hydrogens (tertiary/aromatic N) is 2. The van der Waals surface area contributed by atoms with Gasteiger partial charge in [0.15, 0.2) is 0 Å². The largest absolute Gasteiger partial charge is 0.450 e. The lowest BCUT2D eigenvalue weighted by atomic mass is 9.94. The Balaban J connectivity index is 1.39. The van der Waals surface area contributed by atoms with Gasteiger partial charge in [0, 0.05) is 44.2 Å². The van der Waals surface area contributed by atoms with Crippen LogP contribution in [0.4, 0.5) is 4.79 Å². The van der Waals surface area contributed by atoms with Gasteiger partial charge in [0.2, 0.25) is 11.8 Å². The molecule has 2 aliphatic rings. The highest BCUT2D eigenvalue weighted by atomic mass is 16.6. The zero-order valence-electron chi connectivity index (χ0n) is 17.6. The van der Waals surface area contributed by atoms with E-state index in [4.69, 9.17) is 4.74 Å². The number of amides is 3. The number of carbonyl (C=O) groups is 3. The molecule has 2 aliphatic heterocycles. The quantitative estimate of drug-likeness (QED) is 0.753. The van der Waals surface area contributed by atoms with Crippen molar-refractivity contribution in [2.75, 3.05) is 32.8 Å². The summed E-state index contributed by atoms with van der Waals surface area (Å²) in [4.78, 5) is 40.3. The summed E-state index contributed by atoms with van der Waals surface area (Å²) in [5.41, 5.74) is 0.995. The molecular formula is C23H31N3O4. The molecule has 0 bridgehead atoms. The van der Waals surface area contributed by atoms with Gasteiger partial charge in [0.1, 0.15) is 0 Å².